The number of rotatable bonds is 4. The van der Waals surface area contributed by atoms with Crippen LogP contribution in [0.3, 0.4) is 0 Å². The van der Waals surface area contributed by atoms with Crippen molar-refractivity contribution < 1.29 is 0 Å². The predicted octanol–water partition coefficient (Wildman–Crippen LogP) is 0.520. The Kier molecular flexibility index (Phi) is 3.66. The molecule has 0 saturated carbocycles. The van der Waals surface area contributed by atoms with Gasteiger partial charge in [-0.3, -0.25) is 4.68 Å². The van der Waals surface area contributed by atoms with E-state index in [1.165, 1.54) is 11.3 Å². The van der Waals surface area contributed by atoms with Crippen LogP contribution in [-0.4, -0.2) is 35.3 Å². The highest BCUT2D eigenvalue weighted by molar-refractivity contribution is 5.23. The van der Waals surface area contributed by atoms with E-state index in [2.05, 4.69) is 31.0 Å². The molecule has 80 valence electrons. The standard InChI is InChI=1S/C10H20N4/c1-8-10(7-11)9(2)14(12-8)6-5-13(3)4/h5-7,11H2,1-4H3. The Morgan fingerprint density at radius 3 is 2.43 bits per heavy atom. The van der Waals surface area contributed by atoms with Crippen LogP contribution >= 0.6 is 0 Å². The van der Waals surface area contributed by atoms with E-state index < -0.39 is 0 Å². The maximum Gasteiger partial charge on any atom is 0.0641 e. The molecule has 0 fully saturated rings. The van der Waals surface area contributed by atoms with E-state index in [0.717, 1.165) is 18.8 Å². The molecule has 4 nitrogen and oxygen atoms in total. The number of nitrogens with zero attached hydrogens (tertiary/aromatic N) is 3. The van der Waals surface area contributed by atoms with E-state index in [1.54, 1.807) is 0 Å². The zero-order valence-electron chi connectivity index (χ0n) is 9.54. The van der Waals surface area contributed by atoms with Crippen molar-refractivity contribution in [2.45, 2.75) is 26.9 Å². The van der Waals surface area contributed by atoms with Gasteiger partial charge in [0.15, 0.2) is 0 Å². The fourth-order valence-electron chi connectivity index (χ4n) is 1.54. The molecule has 0 radical (unpaired) electrons. The van der Waals surface area contributed by atoms with Gasteiger partial charge in [-0.1, -0.05) is 0 Å². The Balaban J connectivity index is 2.78. The molecule has 4 heteroatoms. The molecule has 1 heterocycles. The van der Waals surface area contributed by atoms with Crippen LogP contribution in [0.1, 0.15) is 17.0 Å². The van der Waals surface area contributed by atoms with E-state index in [4.69, 9.17) is 5.73 Å². The lowest BCUT2D eigenvalue weighted by atomic mass is 10.2. The Morgan fingerprint density at radius 2 is 2.00 bits per heavy atom. The quantitative estimate of drug-likeness (QED) is 0.763. The monoisotopic (exact) mass is 196 g/mol. The smallest absolute Gasteiger partial charge is 0.0641 e. The van der Waals surface area contributed by atoms with Crippen LogP contribution in [0.25, 0.3) is 0 Å². The van der Waals surface area contributed by atoms with Crippen LogP contribution in [0.2, 0.25) is 0 Å². The third-order valence-electron chi connectivity index (χ3n) is 2.49. The molecule has 0 aromatic carbocycles. The number of likely N-dealkylation sites (N-methyl/N-ethyl adjacent to an activating group) is 1. The summed E-state index contributed by atoms with van der Waals surface area (Å²) in [5.74, 6) is 0. The Bertz CT molecular complexity index is 301. The topological polar surface area (TPSA) is 47.1 Å². The maximum absolute atomic E-state index is 5.66. The second-order valence-electron chi connectivity index (χ2n) is 3.88. The van der Waals surface area contributed by atoms with Crippen molar-refractivity contribution in [2.24, 2.45) is 5.73 Å². The highest BCUT2D eigenvalue weighted by atomic mass is 15.3. The third-order valence-corrected chi connectivity index (χ3v) is 2.49. The molecule has 1 aromatic rings. The van der Waals surface area contributed by atoms with E-state index in [-0.39, 0.29) is 0 Å². The average molecular weight is 196 g/mol. The normalized spacial score (nSPS) is 11.3. The SMILES string of the molecule is Cc1nn(CCN(C)C)c(C)c1CN. The van der Waals surface area contributed by atoms with Gasteiger partial charge in [-0.15, -0.1) is 0 Å². The van der Waals surface area contributed by atoms with Crippen LogP contribution in [0.4, 0.5) is 0 Å². The number of hydrogen-bond donors (Lipinski definition) is 1. The van der Waals surface area contributed by atoms with Gasteiger partial charge in [0.05, 0.1) is 12.2 Å². The largest absolute Gasteiger partial charge is 0.326 e. The van der Waals surface area contributed by atoms with Gasteiger partial charge in [-0.25, -0.2) is 0 Å². The van der Waals surface area contributed by atoms with Crippen molar-refractivity contribution in [1.82, 2.24) is 14.7 Å². The molecule has 0 atom stereocenters. The minimum Gasteiger partial charge on any atom is -0.326 e. The van der Waals surface area contributed by atoms with Gasteiger partial charge in [-0.2, -0.15) is 5.10 Å². The summed E-state index contributed by atoms with van der Waals surface area (Å²) in [6.07, 6.45) is 0. The van der Waals surface area contributed by atoms with Crippen LogP contribution in [0.5, 0.6) is 0 Å². The summed E-state index contributed by atoms with van der Waals surface area (Å²) >= 11 is 0. The van der Waals surface area contributed by atoms with Crippen molar-refractivity contribution in [3.05, 3.63) is 17.0 Å². The first-order valence-electron chi connectivity index (χ1n) is 4.94. The molecule has 1 rings (SSSR count). The summed E-state index contributed by atoms with van der Waals surface area (Å²) in [4.78, 5) is 2.15. The second-order valence-corrected chi connectivity index (χ2v) is 3.88. The van der Waals surface area contributed by atoms with Crippen LogP contribution < -0.4 is 5.73 Å². The summed E-state index contributed by atoms with van der Waals surface area (Å²) in [5, 5.41) is 4.46. The molecule has 14 heavy (non-hydrogen) atoms. The average Bonchev–Trinajstić information content (AvgIpc) is 2.38. The molecule has 0 spiro atoms. The second kappa shape index (κ2) is 4.57. The molecule has 2 N–H and O–H groups in total. The highest BCUT2D eigenvalue weighted by Gasteiger charge is 2.09. The molecule has 0 aliphatic carbocycles. The first-order valence-corrected chi connectivity index (χ1v) is 4.94. The van der Waals surface area contributed by atoms with E-state index in [0.29, 0.717) is 6.54 Å². The number of hydrogen-bond acceptors (Lipinski definition) is 3. The van der Waals surface area contributed by atoms with Crippen molar-refractivity contribution in [3.8, 4) is 0 Å². The van der Waals surface area contributed by atoms with Crippen LogP contribution in [0, 0.1) is 13.8 Å². The molecule has 0 saturated heterocycles. The van der Waals surface area contributed by atoms with Gasteiger partial charge in [0.25, 0.3) is 0 Å². The van der Waals surface area contributed by atoms with Crippen molar-refractivity contribution in [2.75, 3.05) is 20.6 Å². The first kappa shape index (κ1) is 11.2. The van der Waals surface area contributed by atoms with Crippen molar-refractivity contribution in [1.29, 1.82) is 0 Å². The summed E-state index contributed by atoms with van der Waals surface area (Å²) < 4.78 is 2.04. The number of aryl methyl sites for hydroxylation is 1. The zero-order valence-corrected chi connectivity index (χ0v) is 9.54. The first-order chi connectivity index (χ1) is 6.56. The van der Waals surface area contributed by atoms with Gasteiger partial charge in [-0.05, 0) is 27.9 Å². The molecular formula is C10H20N4. The molecular weight excluding hydrogens is 176 g/mol. The van der Waals surface area contributed by atoms with Gasteiger partial charge in [0, 0.05) is 24.3 Å². The number of aromatic nitrogens is 2. The molecule has 1 aromatic heterocycles. The summed E-state index contributed by atoms with van der Waals surface area (Å²) in [6.45, 7) is 6.62. The molecule has 0 bridgehead atoms. The predicted molar refractivity (Wildman–Crippen MR) is 58.1 cm³/mol. The van der Waals surface area contributed by atoms with Crippen LogP contribution in [-0.2, 0) is 13.1 Å². The Morgan fingerprint density at radius 1 is 1.36 bits per heavy atom. The maximum atomic E-state index is 5.66. The Labute approximate surface area is 85.7 Å². The minimum absolute atomic E-state index is 0.583. The lowest BCUT2D eigenvalue weighted by molar-refractivity contribution is 0.370. The van der Waals surface area contributed by atoms with E-state index in [1.807, 2.05) is 11.6 Å². The van der Waals surface area contributed by atoms with Crippen molar-refractivity contribution >= 4 is 0 Å². The molecule has 0 amide bonds. The van der Waals surface area contributed by atoms with E-state index >= 15 is 0 Å². The Hall–Kier alpha value is -0.870. The van der Waals surface area contributed by atoms with Crippen LogP contribution in [0.15, 0.2) is 0 Å². The van der Waals surface area contributed by atoms with E-state index in [9.17, 15) is 0 Å². The molecule has 0 unspecified atom stereocenters. The van der Waals surface area contributed by atoms with Gasteiger partial charge in [0.1, 0.15) is 0 Å². The van der Waals surface area contributed by atoms with Gasteiger partial charge >= 0.3 is 0 Å². The lowest BCUT2D eigenvalue weighted by Gasteiger charge is -2.10. The summed E-state index contributed by atoms with van der Waals surface area (Å²) in [7, 11) is 4.13. The number of nitrogens with two attached hydrogens (primary N) is 1. The summed E-state index contributed by atoms with van der Waals surface area (Å²) in [5.41, 5.74) is 9.10. The highest BCUT2D eigenvalue weighted by Crippen LogP contribution is 2.11. The minimum atomic E-state index is 0.583. The van der Waals surface area contributed by atoms with Gasteiger partial charge in [0.2, 0.25) is 0 Å². The van der Waals surface area contributed by atoms with Crippen molar-refractivity contribution in [3.63, 3.8) is 0 Å². The fraction of sp³-hybridized carbons (Fsp3) is 0.700. The molecule has 0 aliphatic heterocycles. The third kappa shape index (κ3) is 2.33. The van der Waals surface area contributed by atoms with Gasteiger partial charge < -0.3 is 10.6 Å². The fourth-order valence-corrected chi connectivity index (χ4v) is 1.54. The zero-order chi connectivity index (χ0) is 10.7. The lowest BCUT2D eigenvalue weighted by Crippen LogP contribution is -2.19. The summed E-state index contributed by atoms with van der Waals surface area (Å²) in [6, 6.07) is 0. The molecule has 0 aliphatic rings.